The summed E-state index contributed by atoms with van der Waals surface area (Å²) >= 11 is 5.98. The lowest BCUT2D eigenvalue weighted by Gasteiger charge is -2.09. The summed E-state index contributed by atoms with van der Waals surface area (Å²) in [4.78, 5) is 27.7. The van der Waals surface area contributed by atoms with Gasteiger partial charge in [-0.25, -0.2) is 4.98 Å². The Kier molecular flexibility index (Phi) is 4.41. The van der Waals surface area contributed by atoms with Gasteiger partial charge in [0.1, 0.15) is 11.3 Å². The van der Waals surface area contributed by atoms with Crippen molar-refractivity contribution < 1.29 is 9.72 Å². The van der Waals surface area contributed by atoms with E-state index in [2.05, 4.69) is 10.3 Å². The van der Waals surface area contributed by atoms with E-state index < -0.39 is 4.92 Å². The van der Waals surface area contributed by atoms with Gasteiger partial charge in [-0.3, -0.25) is 19.3 Å². The molecule has 0 radical (unpaired) electrons. The number of anilines is 1. The second kappa shape index (κ2) is 6.52. The van der Waals surface area contributed by atoms with Gasteiger partial charge in [0.05, 0.1) is 16.3 Å². The molecule has 0 unspecified atom stereocenters. The van der Waals surface area contributed by atoms with Crippen LogP contribution >= 0.6 is 11.6 Å². The average Bonchev–Trinajstić information content (AvgIpc) is 2.94. The van der Waals surface area contributed by atoms with Gasteiger partial charge in [0, 0.05) is 29.4 Å². The van der Waals surface area contributed by atoms with Crippen molar-refractivity contribution in [1.82, 2.24) is 9.38 Å². The smallest absolute Gasteiger partial charge is 0.274 e. The first kappa shape index (κ1) is 16.9. The zero-order valence-electron chi connectivity index (χ0n) is 13.6. The molecule has 0 saturated carbocycles. The van der Waals surface area contributed by atoms with Crippen molar-refractivity contribution in [3.05, 3.63) is 68.6 Å². The molecular formula is C17H15ClN4O3. The number of hydrogen-bond donors (Lipinski definition) is 1. The molecule has 1 aromatic carbocycles. The zero-order chi connectivity index (χ0) is 18.1. The second-order valence-corrected chi connectivity index (χ2v) is 5.98. The van der Waals surface area contributed by atoms with Gasteiger partial charge in [0.25, 0.3) is 11.6 Å². The molecule has 0 aliphatic rings. The van der Waals surface area contributed by atoms with Crippen molar-refractivity contribution in [3.63, 3.8) is 0 Å². The molecule has 25 heavy (non-hydrogen) atoms. The summed E-state index contributed by atoms with van der Waals surface area (Å²) in [6, 6.07) is 7.70. The number of nitro benzene ring substituents is 1. The molecule has 0 aliphatic heterocycles. The Morgan fingerprint density at radius 3 is 2.80 bits per heavy atom. The van der Waals surface area contributed by atoms with E-state index in [-0.39, 0.29) is 11.6 Å². The van der Waals surface area contributed by atoms with Gasteiger partial charge in [-0.2, -0.15) is 0 Å². The minimum Gasteiger partial charge on any atom is -0.320 e. The number of halogens is 1. The Balaban J connectivity index is 2.03. The van der Waals surface area contributed by atoms with E-state index in [0.29, 0.717) is 34.2 Å². The summed E-state index contributed by atoms with van der Waals surface area (Å²) < 4.78 is 1.66. The number of nitrogens with one attached hydrogen (secondary N) is 1. The van der Waals surface area contributed by atoms with Crippen LogP contribution in [0, 0.1) is 17.0 Å². The molecule has 3 aromatic rings. The molecule has 0 spiro atoms. The van der Waals surface area contributed by atoms with Crippen LogP contribution in [0.3, 0.4) is 0 Å². The zero-order valence-corrected chi connectivity index (χ0v) is 14.4. The van der Waals surface area contributed by atoms with Crippen molar-refractivity contribution in [1.29, 1.82) is 0 Å². The maximum absolute atomic E-state index is 12.8. The third-order valence-electron chi connectivity index (χ3n) is 3.89. The largest absolute Gasteiger partial charge is 0.320 e. The minimum absolute atomic E-state index is 0.0819. The number of aromatic nitrogens is 2. The second-order valence-electron chi connectivity index (χ2n) is 5.54. The van der Waals surface area contributed by atoms with Gasteiger partial charge < -0.3 is 5.32 Å². The fourth-order valence-corrected chi connectivity index (χ4v) is 2.75. The maximum atomic E-state index is 12.8. The number of hydrogen-bond acceptors (Lipinski definition) is 4. The molecule has 7 nitrogen and oxygen atoms in total. The lowest BCUT2D eigenvalue weighted by Crippen LogP contribution is -2.17. The van der Waals surface area contributed by atoms with Gasteiger partial charge >= 0.3 is 0 Å². The standard InChI is InChI=1S/C17H15ClN4O3/c1-3-13-16(21-7-6-11(18)8-15(21)19-13)17(23)20-14-9-12(22(24)25)5-4-10(14)2/h4-9H,3H2,1-2H3,(H,20,23). The number of rotatable bonds is 4. The highest BCUT2D eigenvalue weighted by molar-refractivity contribution is 6.30. The Morgan fingerprint density at radius 1 is 1.36 bits per heavy atom. The number of nitrogens with zero attached hydrogens (tertiary/aromatic N) is 3. The van der Waals surface area contributed by atoms with Crippen molar-refractivity contribution in [2.45, 2.75) is 20.3 Å². The number of aryl methyl sites for hydroxylation is 2. The highest BCUT2D eigenvalue weighted by atomic mass is 35.5. The first-order valence-electron chi connectivity index (χ1n) is 7.63. The van der Waals surface area contributed by atoms with Gasteiger partial charge in [-0.05, 0) is 25.0 Å². The molecule has 1 N–H and O–H groups in total. The number of fused-ring (bicyclic) bond motifs is 1. The normalized spacial score (nSPS) is 10.8. The van der Waals surface area contributed by atoms with Crippen LogP contribution in [-0.2, 0) is 6.42 Å². The molecule has 0 aliphatic carbocycles. The predicted octanol–water partition coefficient (Wildman–Crippen LogP) is 4.02. The van der Waals surface area contributed by atoms with E-state index in [9.17, 15) is 14.9 Å². The first-order chi connectivity index (χ1) is 11.9. The molecule has 0 fully saturated rings. The first-order valence-corrected chi connectivity index (χ1v) is 8.01. The Hall–Kier alpha value is -2.93. The summed E-state index contributed by atoms with van der Waals surface area (Å²) in [6.07, 6.45) is 2.25. The van der Waals surface area contributed by atoms with Crippen LogP contribution in [0.25, 0.3) is 5.65 Å². The summed E-state index contributed by atoms with van der Waals surface area (Å²) in [5, 5.41) is 14.2. The van der Waals surface area contributed by atoms with Gasteiger partial charge in [0.2, 0.25) is 0 Å². The number of carbonyl (C=O) groups is 1. The topological polar surface area (TPSA) is 89.5 Å². The summed E-state index contributed by atoms with van der Waals surface area (Å²) in [5.74, 6) is -0.379. The fourth-order valence-electron chi connectivity index (χ4n) is 2.60. The minimum atomic E-state index is -0.497. The van der Waals surface area contributed by atoms with E-state index in [1.54, 1.807) is 35.7 Å². The maximum Gasteiger partial charge on any atom is 0.274 e. The van der Waals surface area contributed by atoms with E-state index in [1.807, 2.05) is 6.92 Å². The van der Waals surface area contributed by atoms with Crippen LogP contribution in [0.5, 0.6) is 0 Å². The van der Waals surface area contributed by atoms with Crippen LogP contribution < -0.4 is 5.32 Å². The lowest BCUT2D eigenvalue weighted by atomic mass is 10.1. The number of benzene rings is 1. The molecule has 8 heteroatoms. The van der Waals surface area contributed by atoms with Crippen molar-refractivity contribution >= 4 is 34.5 Å². The number of imidazole rings is 1. The predicted molar refractivity (Wildman–Crippen MR) is 95.4 cm³/mol. The molecule has 2 aromatic heterocycles. The molecular weight excluding hydrogens is 344 g/mol. The van der Waals surface area contributed by atoms with Crippen LogP contribution in [0.15, 0.2) is 36.5 Å². The Labute approximate surface area is 148 Å². The van der Waals surface area contributed by atoms with Gasteiger partial charge in [-0.15, -0.1) is 0 Å². The molecule has 1 amide bonds. The SMILES string of the molecule is CCc1nc2cc(Cl)ccn2c1C(=O)Nc1cc([N+](=O)[O-])ccc1C. The quantitative estimate of drug-likeness (QED) is 0.563. The van der Waals surface area contributed by atoms with E-state index in [4.69, 9.17) is 11.6 Å². The van der Waals surface area contributed by atoms with E-state index in [0.717, 1.165) is 5.56 Å². The molecule has 3 rings (SSSR count). The highest BCUT2D eigenvalue weighted by Crippen LogP contribution is 2.24. The van der Waals surface area contributed by atoms with Crippen molar-refractivity contribution in [2.24, 2.45) is 0 Å². The number of non-ortho nitro benzene ring substituents is 1. The Morgan fingerprint density at radius 2 is 2.12 bits per heavy atom. The lowest BCUT2D eigenvalue weighted by molar-refractivity contribution is -0.384. The van der Waals surface area contributed by atoms with Crippen LogP contribution in [0.2, 0.25) is 5.02 Å². The number of carbonyl (C=O) groups excluding carboxylic acids is 1. The van der Waals surface area contributed by atoms with E-state index in [1.165, 1.54) is 12.1 Å². The van der Waals surface area contributed by atoms with Crippen molar-refractivity contribution in [3.8, 4) is 0 Å². The third kappa shape index (κ3) is 3.18. The van der Waals surface area contributed by atoms with Crippen molar-refractivity contribution in [2.75, 3.05) is 5.32 Å². The fraction of sp³-hybridized carbons (Fsp3) is 0.176. The van der Waals surface area contributed by atoms with Crippen LogP contribution in [0.1, 0.15) is 28.7 Å². The van der Waals surface area contributed by atoms with E-state index >= 15 is 0 Å². The highest BCUT2D eigenvalue weighted by Gasteiger charge is 2.20. The molecule has 128 valence electrons. The molecule has 0 bridgehead atoms. The average molecular weight is 359 g/mol. The number of nitro groups is 1. The molecule has 2 heterocycles. The molecule has 0 atom stereocenters. The van der Waals surface area contributed by atoms with Crippen LogP contribution in [0.4, 0.5) is 11.4 Å². The monoisotopic (exact) mass is 358 g/mol. The third-order valence-corrected chi connectivity index (χ3v) is 4.13. The summed E-state index contributed by atoms with van der Waals surface area (Å²) in [5.41, 5.74) is 2.63. The number of amides is 1. The summed E-state index contributed by atoms with van der Waals surface area (Å²) in [7, 11) is 0. The summed E-state index contributed by atoms with van der Waals surface area (Å²) in [6.45, 7) is 3.67. The molecule has 0 saturated heterocycles. The van der Waals surface area contributed by atoms with Gasteiger partial charge in [0.15, 0.2) is 0 Å². The number of pyridine rings is 1. The van der Waals surface area contributed by atoms with Crippen LogP contribution in [-0.4, -0.2) is 20.2 Å². The Bertz CT molecular complexity index is 997. The van der Waals surface area contributed by atoms with Gasteiger partial charge in [-0.1, -0.05) is 24.6 Å².